The number of hydrogen-bond donors (Lipinski definition) is 1. The number of nitrogens with one attached hydrogen (secondary N) is 1. The third kappa shape index (κ3) is 2.56. The van der Waals surface area contributed by atoms with E-state index in [0.29, 0.717) is 5.92 Å². The van der Waals surface area contributed by atoms with Crippen LogP contribution in [0.15, 0.2) is 30.3 Å². The van der Waals surface area contributed by atoms with Crippen LogP contribution >= 0.6 is 0 Å². The van der Waals surface area contributed by atoms with Gasteiger partial charge in [-0.1, -0.05) is 23.8 Å². The molecule has 0 saturated carbocycles. The molecule has 0 spiro atoms. The Kier molecular flexibility index (Phi) is 3.38. The smallest absolute Gasteiger partial charge is 0.0926 e. The summed E-state index contributed by atoms with van der Waals surface area (Å²) in [6, 6.07) is 10.8. The van der Waals surface area contributed by atoms with E-state index in [1.165, 1.54) is 29.7 Å². The van der Waals surface area contributed by atoms with Crippen LogP contribution in [0.3, 0.4) is 0 Å². The second-order valence-electron chi connectivity index (χ2n) is 5.49. The lowest BCUT2D eigenvalue weighted by molar-refractivity contribution is 0.441. The minimum Gasteiger partial charge on any atom is -0.316 e. The van der Waals surface area contributed by atoms with Gasteiger partial charge in [0.15, 0.2) is 0 Å². The molecule has 0 aliphatic carbocycles. The first-order chi connectivity index (χ1) is 9.24. The lowest BCUT2D eigenvalue weighted by atomic mass is 9.95. The SMILES string of the molecule is Cc1cccc(-c2cc(C3CCCNC3)n(C)n2)c1. The minimum atomic E-state index is 0.602. The van der Waals surface area contributed by atoms with Crippen LogP contribution in [0.1, 0.15) is 30.0 Å². The maximum Gasteiger partial charge on any atom is 0.0926 e. The number of benzene rings is 1. The van der Waals surface area contributed by atoms with Gasteiger partial charge in [0.2, 0.25) is 0 Å². The third-order valence-electron chi connectivity index (χ3n) is 3.94. The van der Waals surface area contributed by atoms with E-state index in [1.54, 1.807) is 0 Å². The average Bonchev–Trinajstić information content (AvgIpc) is 2.82. The van der Waals surface area contributed by atoms with Gasteiger partial charge in [0, 0.05) is 30.8 Å². The zero-order valence-electron chi connectivity index (χ0n) is 11.7. The Morgan fingerprint density at radius 2 is 2.21 bits per heavy atom. The molecule has 1 fully saturated rings. The predicted molar refractivity (Wildman–Crippen MR) is 78.2 cm³/mol. The summed E-state index contributed by atoms with van der Waals surface area (Å²) in [6.07, 6.45) is 2.52. The molecule has 100 valence electrons. The normalized spacial score (nSPS) is 19.6. The third-order valence-corrected chi connectivity index (χ3v) is 3.94. The number of piperidine rings is 1. The molecule has 3 heteroatoms. The standard InChI is InChI=1S/C16H21N3/c1-12-5-3-6-13(9-12)15-10-16(19(2)18-15)14-7-4-8-17-11-14/h3,5-6,9-10,14,17H,4,7-8,11H2,1-2H3. The molecule has 1 aliphatic heterocycles. The van der Waals surface area contributed by atoms with Crippen molar-refractivity contribution in [1.29, 1.82) is 0 Å². The van der Waals surface area contributed by atoms with Crippen LogP contribution in [0, 0.1) is 6.92 Å². The number of rotatable bonds is 2. The topological polar surface area (TPSA) is 29.9 Å². The van der Waals surface area contributed by atoms with Crippen molar-refractivity contribution < 1.29 is 0 Å². The van der Waals surface area contributed by atoms with E-state index in [0.717, 1.165) is 18.8 Å². The summed E-state index contributed by atoms with van der Waals surface area (Å²) in [5, 5.41) is 8.16. The van der Waals surface area contributed by atoms with E-state index in [4.69, 9.17) is 0 Å². The predicted octanol–water partition coefficient (Wildman–Crippen LogP) is 2.86. The van der Waals surface area contributed by atoms with Gasteiger partial charge in [-0.05, 0) is 38.4 Å². The lowest BCUT2D eigenvalue weighted by Crippen LogP contribution is -2.29. The first kappa shape index (κ1) is 12.4. The lowest BCUT2D eigenvalue weighted by Gasteiger charge is -2.22. The summed E-state index contributed by atoms with van der Waals surface area (Å²) in [7, 11) is 2.06. The van der Waals surface area contributed by atoms with Crippen molar-refractivity contribution in [2.75, 3.05) is 13.1 Å². The number of aryl methyl sites for hydroxylation is 2. The van der Waals surface area contributed by atoms with E-state index in [2.05, 4.69) is 59.4 Å². The van der Waals surface area contributed by atoms with E-state index in [1.807, 2.05) is 0 Å². The number of nitrogens with zero attached hydrogens (tertiary/aromatic N) is 2. The molecule has 0 bridgehead atoms. The monoisotopic (exact) mass is 255 g/mol. The maximum absolute atomic E-state index is 4.69. The molecule has 1 aliphatic rings. The summed E-state index contributed by atoms with van der Waals surface area (Å²) in [5.41, 5.74) is 4.94. The maximum atomic E-state index is 4.69. The Morgan fingerprint density at radius 1 is 1.32 bits per heavy atom. The van der Waals surface area contributed by atoms with Gasteiger partial charge < -0.3 is 5.32 Å². The average molecular weight is 255 g/mol. The van der Waals surface area contributed by atoms with Crippen molar-refractivity contribution in [3.8, 4) is 11.3 Å². The highest BCUT2D eigenvalue weighted by molar-refractivity contribution is 5.60. The molecule has 2 aromatic rings. The Labute approximate surface area is 114 Å². The Hall–Kier alpha value is -1.61. The molecule has 1 aromatic carbocycles. The van der Waals surface area contributed by atoms with Crippen LogP contribution < -0.4 is 5.32 Å². The highest BCUT2D eigenvalue weighted by atomic mass is 15.3. The fourth-order valence-electron chi connectivity index (χ4n) is 2.91. The molecule has 3 nitrogen and oxygen atoms in total. The molecule has 1 saturated heterocycles. The first-order valence-corrected chi connectivity index (χ1v) is 7.06. The van der Waals surface area contributed by atoms with Gasteiger partial charge in [-0.3, -0.25) is 4.68 Å². The van der Waals surface area contributed by atoms with Crippen molar-refractivity contribution in [3.63, 3.8) is 0 Å². The van der Waals surface area contributed by atoms with Crippen LogP contribution in [-0.2, 0) is 7.05 Å². The molecule has 3 rings (SSSR count). The van der Waals surface area contributed by atoms with E-state index in [9.17, 15) is 0 Å². The quantitative estimate of drug-likeness (QED) is 0.894. The number of hydrogen-bond acceptors (Lipinski definition) is 2. The van der Waals surface area contributed by atoms with Gasteiger partial charge in [-0.2, -0.15) is 5.10 Å². The summed E-state index contributed by atoms with van der Waals surface area (Å²) in [5.74, 6) is 0.602. The van der Waals surface area contributed by atoms with Crippen molar-refractivity contribution in [3.05, 3.63) is 41.6 Å². The number of aromatic nitrogens is 2. The van der Waals surface area contributed by atoms with Crippen LogP contribution in [0.4, 0.5) is 0 Å². The van der Waals surface area contributed by atoms with Crippen LogP contribution in [0.25, 0.3) is 11.3 Å². The minimum absolute atomic E-state index is 0.602. The molecular formula is C16H21N3. The van der Waals surface area contributed by atoms with Crippen molar-refractivity contribution in [2.45, 2.75) is 25.7 Å². The molecule has 0 radical (unpaired) electrons. The molecular weight excluding hydrogens is 234 g/mol. The summed E-state index contributed by atoms with van der Waals surface area (Å²) in [4.78, 5) is 0. The fourth-order valence-corrected chi connectivity index (χ4v) is 2.91. The Bertz CT molecular complexity index is 565. The van der Waals surface area contributed by atoms with Crippen molar-refractivity contribution in [1.82, 2.24) is 15.1 Å². The van der Waals surface area contributed by atoms with Crippen LogP contribution in [-0.4, -0.2) is 22.9 Å². The molecule has 19 heavy (non-hydrogen) atoms. The fraction of sp³-hybridized carbons (Fsp3) is 0.438. The Balaban J connectivity index is 1.92. The molecule has 0 amide bonds. The summed E-state index contributed by atoms with van der Waals surface area (Å²) in [6.45, 7) is 4.35. The van der Waals surface area contributed by atoms with E-state index in [-0.39, 0.29) is 0 Å². The second-order valence-corrected chi connectivity index (χ2v) is 5.49. The van der Waals surface area contributed by atoms with Gasteiger partial charge >= 0.3 is 0 Å². The van der Waals surface area contributed by atoms with Crippen LogP contribution in [0.2, 0.25) is 0 Å². The van der Waals surface area contributed by atoms with Gasteiger partial charge in [0.1, 0.15) is 0 Å². The molecule has 1 unspecified atom stereocenters. The van der Waals surface area contributed by atoms with Crippen molar-refractivity contribution >= 4 is 0 Å². The zero-order chi connectivity index (χ0) is 13.2. The van der Waals surface area contributed by atoms with Gasteiger partial charge in [-0.15, -0.1) is 0 Å². The molecule has 1 atom stereocenters. The van der Waals surface area contributed by atoms with Gasteiger partial charge in [0.05, 0.1) is 5.69 Å². The van der Waals surface area contributed by atoms with Gasteiger partial charge in [-0.25, -0.2) is 0 Å². The van der Waals surface area contributed by atoms with Gasteiger partial charge in [0.25, 0.3) is 0 Å². The first-order valence-electron chi connectivity index (χ1n) is 7.06. The highest BCUT2D eigenvalue weighted by Crippen LogP contribution is 2.27. The van der Waals surface area contributed by atoms with E-state index >= 15 is 0 Å². The second kappa shape index (κ2) is 5.17. The summed E-state index contributed by atoms with van der Waals surface area (Å²) < 4.78 is 2.05. The zero-order valence-corrected chi connectivity index (χ0v) is 11.7. The summed E-state index contributed by atoms with van der Waals surface area (Å²) >= 11 is 0. The van der Waals surface area contributed by atoms with Crippen molar-refractivity contribution in [2.24, 2.45) is 7.05 Å². The molecule has 2 heterocycles. The highest BCUT2D eigenvalue weighted by Gasteiger charge is 2.19. The molecule has 1 aromatic heterocycles. The largest absolute Gasteiger partial charge is 0.316 e. The van der Waals surface area contributed by atoms with E-state index < -0.39 is 0 Å². The molecule has 1 N–H and O–H groups in total. The Morgan fingerprint density at radius 3 is 2.95 bits per heavy atom. The van der Waals surface area contributed by atoms with Crippen LogP contribution in [0.5, 0.6) is 0 Å².